The van der Waals surface area contributed by atoms with Crippen molar-refractivity contribution in [3.63, 3.8) is 0 Å². The molecule has 432 valence electrons. The fourth-order valence-corrected chi connectivity index (χ4v) is 9.73. The van der Waals surface area contributed by atoms with Gasteiger partial charge in [-0.1, -0.05) is 320 Å². The Kier molecular flexibility index (Phi) is 60.7. The first-order valence-corrected chi connectivity index (χ1v) is 32.6. The molecule has 0 radical (unpaired) electrons. The zero-order valence-electron chi connectivity index (χ0n) is 49.6. The summed E-state index contributed by atoms with van der Waals surface area (Å²) in [5.41, 5.74) is 0. The summed E-state index contributed by atoms with van der Waals surface area (Å²) in [5.74, 6) is -0.860. The van der Waals surface area contributed by atoms with Crippen LogP contribution >= 0.6 is 0 Å². The van der Waals surface area contributed by atoms with Crippen molar-refractivity contribution in [2.75, 3.05) is 13.2 Å². The number of unbranched alkanes of at least 4 members (excludes halogenated alkanes) is 41. The van der Waals surface area contributed by atoms with Gasteiger partial charge in [-0.15, -0.1) is 0 Å². The molecule has 0 saturated heterocycles. The van der Waals surface area contributed by atoms with E-state index < -0.39 is 6.10 Å². The third kappa shape index (κ3) is 60.2. The largest absolute Gasteiger partial charge is 0.462 e. The molecule has 1 unspecified atom stereocenters. The molecule has 0 aromatic heterocycles. The van der Waals surface area contributed by atoms with Crippen LogP contribution in [0.5, 0.6) is 0 Å². The lowest BCUT2D eigenvalue weighted by Crippen LogP contribution is -2.30. The van der Waals surface area contributed by atoms with Crippen molar-refractivity contribution in [3.8, 4) is 0 Å². The number of hydrogen-bond acceptors (Lipinski definition) is 6. The van der Waals surface area contributed by atoms with E-state index in [0.29, 0.717) is 19.3 Å². The minimum atomic E-state index is -0.766. The highest BCUT2D eigenvalue weighted by molar-refractivity contribution is 5.71. The van der Waals surface area contributed by atoms with Gasteiger partial charge in [0.25, 0.3) is 0 Å². The van der Waals surface area contributed by atoms with E-state index in [1.807, 2.05) is 0 Å². The molecule has 0 aromatic carbocycles. The quantitative estimate of drug-likeness (QED) is 0.0261. The Bertz CT molecular complexity index is 1280. The van der Waals surface area contributed by atoms with Crippen LogP contribution in [0.1, 0.15) is 348 Å². The molecule has 0 bridgehead atoms. The SMILES string of the molecule is CC/C=C\C/C=C\C/C=C\C/C=C\CCCCCCCCCCCCCCCCCCC(=O)OCC(COC(=O)CCCCCCC)OC(=O)CCCCCCCCCCCCCCCCCCCCCCCC. The number of ether oxygens (including phenoxy) is 3. The highest BCUT2D eigenvalue weighted by Crippen LogP contribution is 2.18. The molecule has 0 fully saturated rings. The van der Waals surface area contributed by atoms with Crippen LogP contribution in [0.2, 0.25) is 0 Å². The van der Waals surface area contributed by atoms with Crippen LogP contribution in [0.15, 0.2) is 48.6 Å². The van der Waals surface area contributed by atoms with Gasteiger partial charge in [0.05, 0.1) is 0 Å². The van der Waals surface area contributed by atoms with Gasteiger partial charge in [-0.25, -0.2) is 0 Å². The van der Waals surface area contributed by atoms with Crippen molar-refractivity contribution in [1.29, 1.82) is 0 Å². The summed E-state index contributed by atoms with van der Waals surface area (Å²) in [4.78, 5) is 37.9. The van der Waals surface area contributed by atoms with E-state index in [9.17, 15) is 14.4 Å². The van der Waals surface area contributed by atoms with E-state index in [-0.39, 0.29) is 31.1 Å². The van der Waals surface area contributed by atoms with E-state index in [0.717, 1.165) is 89.9 Å². The molecular weight excluding hydrogens is 913 g/mol. The molecule has 1 atom stereocenters. The van der Waals surface area contributed by atoms with Crippen molar-refractivity contribution in [2.45, 2.75) is 354 Å². The summed E-state index contributed by atoms with van der Waals surface area (Å²) in [6, 6.07) is 0. The maximum atomic E-state index is 12.8. The van der Waals surface area contributed by atoms with E-state index in [1.54, 1.807) is 0 Å². The molecule has 74 heavy (non-hydrogen) atoms. The van der Waals surface area contributed by atoms with Gasteiger partial charge in [0.15, 0.2) is 6.10 Å². The van der Waals surface area contributed by atoms with Crippen LogP contribution in [-0.2, 0) is 28.6 Å². The number of allylic oxidation sites excluding steroid dienone is 8. The average Bonchev–Trinajstić information content (AvgIpc) is 3.40. The molecule has 0 aromatic rings. The lowest BCUT2D eigenvalue weighted by Gasteiger charge is -2.18. The van der Waals surface area contributed by atoms with Crippen molar-refractivity contribution >= 4 is 17.9 Å². The van der Waals surface area contributed by atoms with Gasteiger partial charge in [0.1, 0.15) is 13.2 Å². The number of carbonyl (C=O) groups excluding carboxylic acids is 3. The summed E-state index contributed by atoms with van der Waals surface area (Å²) in [6.45, 7) is 6.50. The summed E-state index contributed by atoms with van der Waals surface area (Å²) < 4.78 is 16.8. The summed E-state index contributed by atoms with van der Waals surface area (Å²) in [6.07, 6.45) is 79.0. The Morgan fingerprint density at radius 2 is 0.527 bits per heavy atom. The Morgan fingerprint density at radius 3 is 0.824 bits per heavy atom. The Labute approximate surface area is 460 Å². The number of hydrogen-bond donors (Lipinski definition) is 0. The smallest absolute Gasteiger partial charge is 0.306 e. The van der Waals surface area contributed by atoms with Crippen molar-refractivity contribution < 1.29 is 28.6 Å². The molecule has 0 heterocycles. The fourth-order valence-electron chi connectivity index (χ4n) is 9.73. The molecular formula is C68H124O6. The predicted octanol–water partition coefficient (Wildman–Crippen LogP) is 22.2. The molecule has 0 aliphatic rings. The van der Waals surface area contributed by atoms with Gasteiger partial charge >= 0.3 is 17.9 Å². The van der Waals surface area contributed by atoms with Crippen LogP contribution in [-0.4, -0.2) is 37.2 Å². The molecule has 0 rings (SSSR count). The van der Waals surface area contributed by atoms with Gasteiger partial charge in [-0.05, 0) is 57.8 Å². The van der Waals surface area contributed by atoms with Crippen LogP contribution in [0.25, 0.3) is 0 Å². The van der Waals surface area contributed by atoms with Crippen LogP contribution < -0.4 is 0 Å². The number of esters is 3. The van der Waals surface area contributed by atoms with Gasteiger partial charge in [-0.3, -0.25) is 14.4 Å². The second kappa shape index (κ2) is 62.9. The predicted molar refractivity (Wildman–Crippen MR) is 321 cm³/mol. The maximum Gasteiger partial charge on any atom is 0.306 e. The van der Waals surface area contributed by atoms with Crippen LogP contribution in [0, 0.1) is 0 Å². The fraction of sp³-hybridized carbons (Fsp3) is 0.838. The molecule has 6 nitrogen and oxygen atoms in total. The molecule has 0 N–H and O–H groups in total. The first-order chi connectivity index (χ1) is 36.5. The van der Waals surface area contributed by atoms with E-state index in [4.69, 9.17) is 14.2 Å². The molecule has 6 heteroatoms. The Balaban J connectivity index is 3.96. The van der Waals surface area contributed by atoms with E-state index in [1.165, 1.54) is 218 Å². The maximum absolute atomic E-state index is 12.8. The van der Waals surface area contributed by atoms with Crippen LogP contribution in [0.3, 0.4) is 0 Å². The first kappa shape index (κ1) is 71.4. The standard InChI is InChI=1S/C68H124O6/c1-4-7-10-13-15-17-19-21-23-25-27-29-31-32-33-34-35-36-37-39-40-42-44-46-48-50-52-55-58-61-67(70)73-64-65(63-72-66(69)60-57-54-12-9-6-3)74-68(71)62-59-56-53-51-49-47-45-43-41-38-30-28-26-24-22-20-18-16-14-11-8-5-2/h7,10,15,17,21,23,27,29,65H,4-6,8-9,11-14,16,18-20,22,24-26,28,30-64H2,1-3H3/b10-7-,17-15-,23-21-,29-27-. The lowest BCUT2D eigenvalue weighted by atomic mass is 10.0. The zero-order chi connectivity index (χ0) is 53.6. The minimum Gasteiger partial charge on any atom is -0.462 e. The highest BCUT2D eigenvalue weighted by Gasteiger charge is 2.19. The van der Waals surface area contributed by atoms with Crippen molar-refractivity contribution in [1.82, 2.24) is 0 Å². The second-order valence-corrected chi connectivity index (χ2v) is 22.0. The third-order valence-corrected chi connectivity index (χ3v) is 14.6. The Hall–Kier alpha value is -2.63. The minimum absolute atomic E-state index is 0.0680. The average molecular weight is 1040 g/mol. The van der Waals surface area contributed by atoms with Crippen molar-refractivity contribution in [2.24, 2.45) is 0 Å². The molecule has 0 aliphatic carbocycles. The van der Waals surface area contributed by atoms with Gasteiger partial charge in [-0.2, -0.15) is 0 Å². The van der Waals surface area contributed by atoms with E-state index in [2.05, 4.69) is 69.4 Å². The molecule has 0 saturated carbocycles. The number of rotatable bonds is 60. The normalized spacial score (nSPS) is 12.3. The van der Waals surface area contributed by atoms with Gasteiger partial charge in [0.2, 0.25) is 0 Å². The zero-order valence-corrected chi connectivity index (χ0v) is 49.6. The molecule has 0 amide bonds. The first-order valence-electron chi connectivity index (χ1n) is 32.6. The Morgan fingerprint density at radius 1 is 0.284 bits per heavy atom. The summed E-state index contributed by atoms with van der Waals surface area (Å²) in [5, 5.41) is 0. The number of carbonyl (C=O) groups is 3. The molecule has 0 spiro atoms. The van der Waals surface area contributed by atoms with Gasteiger partial charge < -0.3 is 14.2 Å². The lowest BCUT2D eigenvalue weighted by molar-refractivity contribution is -0.167. The van der Waals surface area contributed by atoms with Gasteiger partial charge in [0, 0.05) is 19.3 Å². The third-order valence-electron chi connectivity index (χ3n) is 14.6. The highest BCUT2D eigenvalue weighted by atomic mass is 16.6. The van der Waals surface area contributed by atoms with Crippen molar-refractivity contribution in [3.05, 3.63) is 48.6 Å². The summed E-state index contributed by atoms with van der Waals surface area (Å²) >= 11 is 0. The monoisotopic (exact) mass is 1040 g/mol. The second-order valence-electron chi connectivity index (χ2n) is 22.0. The van der Waals surface area contributed by atoms with Crippen LogP contribution in [0.4, 0.5) is 0 Å². The topological polar surface area (TPSA) is 78.9 Å². The van der Waals surface area contributed by atoms with E-state index >= 15 is 0 Å². The summed E-state index contributed by atoms with van der Waals surface area (Å²) in [7, 11) is 0. The molecule has 0 aliphatic heterocycles.